The van der Waals surface area contributed by atoms with E-state index in [1.807, 2.05) is 0 Å². The Morgan fingerprint density at radius 3 is 2.50 bits per heavy atom. The molecule has 20 heavy (non-hydrogen) atoms. The molecule has 112 valence electrons. The second-order valence-electron chi connectivity index (χ2n) is 6.99. The van der Waals surface area contributed by atoms with Gasteiger partial charge >= 0.3 is 0 Å². The summed E-state index contributed by atoms with van der Waals surface area (Å²) in [6.45, 7) is 7.51. The second kappa shape index (κ2) is 6.17. The summed E-state index contributed by atoms with van der Waals surface area (Å²) in [6.07, 6.45) is 4.41. The van der Waals surface area contributed by atoms with E-state index in [0.29, 0.717) is 5.92 Å². The Bertz CT molecular complexity index is 424. The van der Waals surface area contributed by atoms with E-state index in [-0.39, 0.29) is 11.5 Å². The lowest BCUT2D eigenvalue weighted by Crippen LogP contribution is -2.44. The molecule has 0 radical (unpaired) electrons. The zero-order chi connectivity index (χ0) is 14.8. The Hall–Kier alpha value is -1.02. The number of hydrogen-bond acceptors (Lipinski definition) is 2. The fraction of sp³-hybridized carbons (Fsp3) is 0.667. The topological polar surface area (TPSA) is 23.5 Å². The highest BCUT2D eigenvalue weighted by Crippen LogP contribution is 2.39. The average molecular weight is 275 g/mol. The minimum absolute atomic E-state index is 0.0653. The monoisotopic (exact) mass is 275 g/mol. The van der Waals surface area contributed by atoms with Gasteiger partial charge in [-0.05, 0) is 42.4 Å². The van der Waals surface area contributed by atoms with Gasteiger partial charge in [0.05, 0.1) is 6.10 Å². The molecule has 1 aromatic carbocycles. The molecule has 0 spiro atoms. The molecule has 2 atom stereocenters. The number of nitrogens with zero attached hydrogens (tertiary/aromatic N) is 1. The van der Waals surface area contributed by atoms with Crippen molar-refractivity contribution in [1.29, 1.82) is 0 Å². The van der Waals surface area contributed by atoms with Crippen molar-refractivity contribution >= 4 is 5.69 Å². The maximum absolute atomic E-state index is 10.5. The molecule has 2 unspecified atom stereocenters. The van der Waals surface area contributed by atoms with Gasteiger partial charge in [0.2, 0.25) is 0 Å². The third-order valence-corrected chi connectivity index (χ3v) is 4.94. The van der Waals surface area contributed by atoms with Gasteiger partial charge in [-0.3, -0.25) is 0 Å². The van der Waals surface area contributed by atoms with Crippen molar-refractivity contribution in [3.8, 4) is 0 Å². The van der Waals surface area contributed by atoms with Gasteiger partial charge in [0.25, 0.3) is 0 Å². The van der Waals surface area contributed by atoms with Crippen molar-refractivity contribution in [3.05, 3.63) is 29.8 Å². The molecule has 0 bridgehead atoms. The lowest BCUT2D eigenvalue weighted by atomic mass is 9.69. The van der Waals surface area contributed by atoms with Crippen LogP contribution in [0.2, 0.25) is 0 Å². The second-order valence-corrected chi connectivity index (χ2v) is 6.99. The lowest BCUT2D eigenvalue weighted by molar-refractivity contribution is -0.0290. The molecule has 1 aromatic rings. The molecule has 0 aromatic heterocycles. The fourth-order valence-electron chi connectivity index (χ4n) is 3.40. The third kappa shape index (κ3) is 3.35. The first-order valence-corrected chi connectivity index (χ1v) is 7.92. The highest BCUT2D eigenvalue weighted by Gasteiger charge is 2.37. The van der Waals surface area contributed by atoms with Crippen LogP contribution in [0.3, 0.4) is 0 Å². The van der Waals surface area contributed by atoms with Crippen LogP contribution in [-0.4, -0.2) is 24.8 Å². The maximum Gasteiger partial charge on any atom is 0.0636 e. The van der Waals surface area contributed by atoms with Crippen LogP contribution in [0, 0.1) is 11.3 Å². The molecule has 2 heteroatoms. The standard InChI is InChI=1S/C18H29NO/c1-5-14-8-10-16(11-9-14)19(4)13-15-7-6-12-18(2,3)17(15)20/h8-11,15,17,20H,5-7,12-13H2,1-4H3. The van der Waals surface area contributed by atoms with Gasteiger partial charge in [-0.2, -0.15) is 0 Å². The summed E-state index contributed by atoms with van der Waals surface area (Å²) >= 11 is 0. The zero-order valence-corrected chi connectivity index (χ0v) is 13.4. The number of benzene rings is 1. The first kappa shape index (κ1) is 15.4. The quantitative estimate of drug-likeness (QED) is 0.901. The van der Waals surface area contributed by atoms with Gasteiger partial charge in [-0.25, -0.2) is 0 Å². The Labute approximate surface area is 123 Å². The minimum Gasteiger partial charge on any atom is -0.392 e. The molecule has 1 N–H and O–H groups in total. The van der Waals surface area contributed by atoms with Crippen molar-refractivity contribution in [1.82, 2.24) is 0 Å². The van der Waals surface area contributed by atoms with Crippen molar-refractivity contribution in [2.45, 2.75) is 52.6 Å². The number of rotatable bonds is 4. The summed E-state index contributed by atoms with van der Waals surface area (Å²) < 4.78 is 0. The fourth-order valence-corrected chi connectivity index (χ4v) is 3.40. The number of aliphatic hydroxyl groups is 1. The van der Waals surface area contributed by atoms with Crippen LogP contribution >= 0.6 is 0 Å². The summed E-state index contributed by atoms with van der Waals surface area (Å²) in [6, 6.07) is 8.79. The van der Waals surface area contributed by atoms with Gasteiger partial charge in [0.1, 0.15) is 0 Å². The molecule has 1 aliphatic rings. The number of anilines is 1. The molecule has 0 heterocycles. The lowest BCUT2D eigenvalue weighted by Gasteiger charge is -2.42. The van der Waals surface area contributed by atoms with Crippen LogP contribution in [0.4, 0.5) is 5.69 Å². The maximum atomic E-state index is 10.5. The molecule has 2 nitrogen and oxygen atoms in total. The van der Waals surface area contributed by atoms with E-state index in [1.165, 1.54) is 17.7 Å². The van der Waals surface area contributed by atoms with E-state index in [0.717, 1.165) is 25.8 Å². The number of aliphatic hydroxyl groups excluding tert-OH is 1. The third-order valence-electron chi connectivity index (χ3n) is 4.94. The Balaban J connectivity index is 2.01. The van der Waals surface area contributed by atoms with Crippen LogP contribution in [0.15, 0.2) is 24.3 Å². The SMILES string of the molecule is CCc1ccc(N(C)CC2CCCC(C)(C)C2O)cc1. The summed E-state index contributed by atoms with van der Waals surface area (Å²) in [4.78, 5) is 2.29. The van der Waals surface area contributed by atoms with Crippen LogP contribution < -0.4 is 4.90 Å². The van der Waals surface area contributed by atoms with Crippen LogP contribution in [-0.2, 0) is 6.42 Å². The molecule has 2 rings (SSSR count). The summed E-state index contributed by atoms with van der Waals surface area (Å²) in [7, 11) is 2.13. The number of hydrogen-bond donors (Lipinski definition) is 1. The van der Waals surface area contributed by atoms with Crippen LogP contribution in [0.5, 0.6) is 0 Å². The summed E-state index contributed by atoms with van der Waals surface area (Å²) in [5, 5.41) is 10.5. The van der Waals surface area contributed by atoms with Gasteiger partial charge in [-0.1, -0.05) is 39.3 Å². The summed E-state index contributed by atoms with van der Waals surface area (Å²) in [5.74, 6) is 0.384. The molecule has 1 aliphatic carbocycles. The minimum atomic E-state index is -0.186. The Morgan fingerprint density at radius 1 is 1.25 bits per heavy atom. The molecule has 1 saturated carbocycles. The normalized spacial score (nSPS) is 25.4. The highest BCUT2D eigenvalue weighted by atomic mass is 16.3. The van der Waals surface area contributed by atoms with E-state index in [4.69, 9.17) is 0 Å². The zero-order valence-electron chi connectivity index (χ0n) is 13.4. The number of aryl methyl sites for hydroxylation is 1. The van der Waals surface area contributed by atoms with E-state index < -0.39 is 0 Å². The first-order valence-electron chi connectivity index (χ1n) is 7.92. The molecule has 0 aliphatic heterocycles. The van der Waals surface area contributed by atoms with E-state index in [9.17, 15) is 5.11 Å². The molecule has 0 amide bonds. The van der Waals surface area contributed by atoms with Crippen molar-refractivity contribution in [2.75, 3.05) is 18.5 Å². The molecule has 0 saturated heterocycles. The van der Waals surface area contributed by atoms with Crippen LogP contribution in [0.25, 0.3) is 0 Å². The van der Waals surface area contributed by atoms with Gasteiger partial charge in [0.15, 0.2) is 0 Å². The molecular formula is C18H29NO. The molecular weight excluding hydrogens is 246 g/mol. The van der Waals surface area contributed by atoms with Crippen molar-refractivity contribution in [3.63, 3.8) is 0 Å². The van der Waals surface area contributed by atoms with Gasteiger partial charge in [-0.15, -0.1) is 0 Å². The van der Waals surface area contributed by atoms with E-state index in [2.05, 4.69) is 57.0 Å². The Morgan fingerprint density at radius 2 is 1.90 bits per heavy atom. The first-order chi connectivity index (χ1) is 9.44. The van der Waals surface area contributed by atoms with Crippen molar-refractivity contribution in [2.24, 2.45) is 11.3 Å². The van der Waals surface area contributed by atoms with Crippen molar-refractivity contribution < 1.29 is 5.11 Å². The Kier molecular flexibility index (Phi) is 4.74. The van der Waals surface area contributed by atoms with E-state index >= 15 is 0 Å². The highest BCUT2D eigenvalue weighted by molar-refractivity contribution is 5.47. The van der Waals surface area contributed by atoms with Gasteiger partial charge in [0, 0.05) is 25.2 Å². The van der Waals surface area contributed by atoms with Gasteiger partial charge < -0.3 is 10.0 Å². The van der Waals surface area contributed by atoms with Crippen LogP contribution in [0.1, 0.15) is 45.6 Å². The summed E-state index contributed by atoms with van der Waals surface area (Å²) in [5.41, 5.74) is 2.69. The predicted octanol–water partition coefficient (Wildman–Crippen LogP) is 3.87. The predicted molar refractivity (Wildman–Crippen MR) is 86.2 cm³/mol. The van der Waals surface area contributed by atoms with E-state index in [1.54, 1.807) is 0 Å². The average Bonchev–Trinajstić information content (AvgIpc) is 2.44. The molecule has 1 fully saturated rings. The smallest absolute Gasteiger partial charge is 0.0636 e. The largest absolute Gasteiger partial charge is 0.392 e.